The Morgan fingerprint density at radius 3 is 0.920 bits per heavy atom. The number of unbranched alkanes of at least 4 members (excludes halogenated alkanes) is 24. The maximum absolute atomic E-state index is 12.9. The molecule has 0 fully saturated rings. The van der Waals surface area contributed by atoms with Gasteiger partial charge in [-0.3, -0.25) is 9.59 Å². The maximum atomic E-state index is 12.9. The number of carboxylic acid groups (broad SMARTS) is 1. The second kappa shape index (κ2) is 67.1. The fraction of sp³-hybridized carbons (Fsp3) is 0.654. The highest BCUT2D eigenvalue weighted by Crippen LogP contribution is 2.16. The van der Waals surface area contributed by atoms with E-state index < -0.39 is 24.3 Å². The van der Waals surface area contributed by atoms with Gasteiger partial charge < -0.3 is 33.3 Å². The average Bonchev–Trinajstić information content (AvgIpc) is 3.59. The number of ether oxygens (including phenoxy) is 4. The fourth-order valence-corrected chi connectivity index (χ4v) is 9.31. The lowest BCUT2D eigenvalue weighted by atomic mass is 10.0. The number of nitrogens with zero attached hydrogens (tertiary/aromatic N) is 1. The molecule has 2 unspecified atom stereocenters. The number of rotatable bonds is 63. The number of quaternary nitrogens is 1. The number of hydrogen-bond donors (Lipinski definition) is 0. The second-order valence-electron chi connectivity index (χ2n) is 24.1. The molecule has 0 aliphatic heterocycles. The Morgan fingerprint density at radius 1 is 0.345 bits per heavy atom. The molecule has 0 aromatic heterocycles. The summed E-state index contributed by atoms with van der Waals surface area (Å²) in [6.45, 7) is 4.52. The molecule has 494 valence electrons. The summed E-state index contributed by atoms with van der Waals surface area (Å²) < 4.78 is 22.8. The summed E-state index contributed by atoms with van der Waals surface area (Å²) in [5, 5.41) is 11.8. The molecule has 0 aliphatic rings. The van der Waals surface area contributed by atoms with E-state index in [1.165, 1.54) is 109 Å². The Bertz CT molecular complexity index is 1940. The Balaban J connectivity index is 4.16. The molecule has 87 heavy (non-hydrogen) atoms. The lowest BCUT2D eigenvalue weighted by molar-refractivity contribution is -0.870. The Morgan fingerprint density at radius 2 is 0.621 bits per heavy atom. The highest BCUT2D eigenvalue weighted by molar-refractivity contribution is 5.70. The van der Waals surface area contributed by atoms with Crippen molar-refractivity contribution in [3.63, 3.8) is 0 Å². The first-order valence-corrected chi connectivity index (χ1v) is 35.0. The van der Waals surface area contributed by atoms with Crippen molar-refractivity contribution in [2.75, 3.05) is 47.5 Å². The Hall–Kier alpha value is -4.83. The number of aliphatic carboxylic acids is 1. The number of likely N-dealkylation sites (N-methyl/N-ethyl adjacent to an activating group) is 1. The van der Waals surface area contributed by atoms with Gasteiger partial charge in [0.1, 0.15) is 13.2 Å². The van der Waals surface area contributed by atoms with Gasteiger partial charge in [0.25, 0.3) is 0 Å². The zero-order valence-electron chi connectivity index (χ0n) is 56.3. The lowest BCUT2D eigenvalue weighted by Gasteiger charge is -2.26. The zero-order valence-corrected chi connectivity index (χ0v) is 56.3. The lowest BCUT2D eigenvalue weighted by Crippen LogP contribution is -2.44. The van der Waals surface area contributed by atoms with E-state index in [1.54, 1.807) is 0 Å². The van der Waals surface area contributed by atoms with E-state index in [4.69, 9.17) is 18.9 Å². The van der Waals surface area contributed by atoms with Crippen LogP contribution in [0.25, 0.3) is 0 Å². The van der Waals surface area contributed by atoms with Crippen LogP contribution in [0.15, 0.2) is 146 Å². The van der Waals surface area contributed by atoms with Crippen molar-refractivity contribution in [2.45, 2.75) is 283 Å². The number of hydrogen-bond acceptors (Lipinski definition) is 8. The average molecular weight is 1210 g/mol. The highest BCUT2D eigenvalue weighted by atomic mass is 16.7. The molecule has 0 aromatic rings. The van der Waals surface area contributed by atoms with Gasteiger partial charge in [0.2, 0.25) is 0 Å². The van der Waals surface area contributed by atoms with Crippen LogP contribution in [-0.4, -0.2) is 82.3 Å². The zero-order chi connectivity index (χ0) is 63.3. The number of carbonyl (C=O) groups excluding carboxylic acids is 3. The summed E-state index contributed by atoms with van der Waals surface area (Å²) in [5.74, 6) is -2.29. The van der Waals surface area contributed by atoms with E-state index in [0.717, 1.165) is 128 Å². The van der Waals surface area contributed by atoms with Crippen LogP contribution in [-0.2, 0) is 33.3 Å². The van der Waals surface area contributed by atoms with Gasteiger partial charge in [-0.1, -0.05) is 288 Å². The SMILES string of the molecule is CC/C=C\C/C=C\C/C=C\C/C=C\C/C=C\C/C=C\CCCCCCCCCCCCCCCCC(=O)OC(COC(=O)CCCCCCCCCCCC/C=C\C/C=C\C/C=C\C/C=C\C/C=C\C/C=C\CC)COC(OCC[N+](C)(C)C)C(=O)[O-]. The normalized spacial score (nSPS) is 13.6. The van der Waals surface area contributed by atoms with E-state index in [-0.39, 0.29) is 38.6 Å². The standard InChI is InChI=1S/C78H129NO8/c1-6-8-10-12-14-16-18-20-22-24-26-28-30-32-34-36-37-38-39-41-43-45-47-49-51-53-55-57-59-61-63-65-67-69-76(81)87-74(73-86-78(77(82)83)84-71-70-79(3,4)5)72-85-75(80)68-66-64-62-60-58-56-54-52-50-48-46-44-42-40-35-33-31-29-27-25-23-21-19-17-15-13-11-9-7-2/h8-11,14-17,20-23,26-29,32-35,37-38,42,44,74,78H,6-7,12-13,18-19,24-25,30-31,36,39-41,43,45-73H2,1-5H3/b10-8-,11-9-,16-14-,17-15-,22-20-,23-21-,28-26-,29-27-,34-32-,35-33-,38-37-,44-42-. The molecule has 9 heteroatoms. The first-order chi connectivity index (χ1) is 42.6. The van der Waals surface area contributed by atoms with E-state index in [0.29, 0.717) is 17.4 Å². The van der Waals surface area contributed by atoms with Crippen LogP contribution in [0.2, 0.25) is 0 Å². The van der Waals surface area contributed by atoms with Crippen LogP contribution < -0.4 is 5.11 Å². The van der Waals surface area contributed by atoms with Crippen LogP contribution in [0.3, 0.4) is 0 Å². The maximum Gasteiger partial charge on any atom is 0.306 e. The third-order valence-corrected chi connectivity index (χ3v) is 14.6. The van der Waals surface area contributed by atoms with Gasteiger partial charge in [-0.05, 0) is 116 Å². The van der Waals surface area contributed by atoms with Crippen LogP contribution in [0.4, 0.5) is 0 Å². The van der Waals surface area contributed by atoms with Crippen molar-refractivity contribution in [2.24, 2.45) is 0 Å². The highest BCUT2D eigenvalue weighted by Gasteiger charge is 2.22. The number of carboxylic acids is 1. The van der Waals surface area contributed by atoms with Gasteiger partial charge in [-0.2, -0.15) is 0 Å². The molecule has 2 atom stereocenters. The van der Waals surface area contributed by atoms with Crippen LogP contribution >= 0.6 is 0 Å². The minimum absolute atomic E-state index is 0.141. The molecule has 0 saturated carbocycles. The molecule has 0 saturated heterocycles. The van der Waals surface area contributed by atoms with Gasteiger partial charge in [0.05, 0.1) is 40.3 Å². The van der Waals surface area contributed by atoms with Crippen molar-refractivity contribution >= 4 is 17.9 Å². The first-order valence-electron chi connectivity index (χ1n) is 35.0. The summed E-state index contributed by atoms with van der Waals surface area (Å²) >= 11 is 0. The predicted octanol–water partition coefficient (Wildman–Crippen LogP) is 20.6. The number of esters is 2. The summed E-state index contributed by atoms with van der Waals surface area (Å²) in [6.07, 6.45) is 94.9. The van der Waals surface area contributed by atoms with E-state index in [2.05, 4.69) is 160 Å². The molecule has 0 N–H and O–H groups in total. The van der Waals surface area contributed by atoms with Crippen LogP contribution in [0.1, 0.15) is 271 Å². The Labute approximate surface area is 534 Å². The van der Waals surface area contributed by atoms with Gasteiger partial charge in [0.15, 0.2) is 12.4 Å². The molecular weight excluding hydrogens is 1080 g/mol. The number of carbonyl (C=O) groups is 3. The molecule has 0 bridgehead atoms. The second-order valence-corrected chi connectivity index (χ2v) is 24.1. The van der Waals surface area contributed by atoms with Gasteiger partial charge in [-0.15, -0.1) is 0 Å². The third kappa shape index (κ3) is 68.5. The largest absolute Gasteiger partial charge is 0.545 e. The van der Waals surface area contributed by atoms with E-state index in [1.807, 2.05) is 21.1 Å². The topological polar surface area (TPSA) is 111 Å². The molecular formula is C78H129NO8. The quantitative estimate of drug-likeness (QED) is 0.0195. The fourth-order valence-electron chi connectivity index (χ4n) is 9.31. The number of allylic oxidation sites excluding steroid dienone is 24. The molecule has 9 nitrogen and oxygen atoms in total. The van der Waals surface area contributed by atoms with E-state index >= 15 is 0 Å². The molecule has 0 spiro atoms. The van der Waals surface area contributed by atoms with Gasteiger partial charge in [-0.25, -0.2) is 0 Å². The molecule has 0 heterocycles. The Kier molecular flexibility index (Phi) is 63.4. The third-order valence-electron chi connectivity index (χ3n) is 14.6. The monoisotopic (exact) mass is 1210 g/mol. The van der Waals surface area contributed by atoms with Crippen molar-refractivity contribution in [3.8, 4) is 0 Å². The van der Waals surface area contributed by atoms with Crippen molar-refractivity contribution in [3.05, 3.63) is 146 Å². The van der Waals surface area contributed by atoms with Crippen molar-refractivity contribution in [1.29, 1.82) is 0 Å². The first kappa shape index (κ1) is 82.2. The molecule has 0 aliphatic carbocycles. The molecule has 0 radical (unpaired) electrons. The minimum Gasteiger partial charge on any atom is -0.545 e. The summed E-state index contributed by atoms with van der Waals surface area (Å²) in [4.78, 5) is 37.5. The summed E-state index contributed by atoms with van der Waals surface area (Å²) in [6, 6.07) is 0. The van der Waals surface area contributed by atoms with Crippen molar-refractivity contribution in [1.82, 2.24) is 0 Å². The van der Waals surface area contributed by atoms with E-state index in [9.17, 15) is 19.5 Å². The minimum atomic E-state index is -1.63. The summed E-state index contributed by atoms with van der Waals surface area (Å²) in [5.41, 5.74) is 0. The van der Waals surface area contributed by atoms with Gasteiger partial charge in [0, 0.05) is 12.8 Å². The molecule has 0 aromatic carbocycles. The predicted molar refractivity (Wildman–Crippen MR) is 370 cm³/mol. The summed E-state index contributed by atoms with van der Waals surface area (Å²) in [7, 11) is 5.92. The van der Waals surface area contributed by atoms with Crippen molar-refractivity contribution < 1.29 is 42.9 Å². The smallest absolute Gasteiger partial charge is 0.306 e. The van der Waals surface area contributed by atoms with Gasteiger partial charge >= 0.3 is 11.9 Å². The van der Waals surface area contributed by atoms with Crippen LogP contribution in [0, 0.1) is 0 Å². The molecule has 0 amide bonds. The van der Waals surface area contributed by atoms with Crippen LogP contribution in [0.5, 0.6) is 0 Å². The molecule has 0 rings (SSSR count).